The molecule has 1 aromatic rings. The number of carbonyl (C=O) groups excluding carboxylic acids is 1. The average Bonchev–Trinajstić information content (AvgIpc) is 2.74. The SMILES string of the molecule is O=C([C@@H]1CCCN(C2CCN(Cc3cccc(F)c3)CC2)C1)N1CCOCC1. The van der Waals surface area contributed by atoms with E-state index in [2.05, 4.69) is 9.80 Å². The molecule has 6 heteroatoms. The van der Waals surface area contributed by atoms with Gasteiger partial charge in [0.05, 0.1) is 19.1 Å². The van der Waals surface area contributed by atoms with Gasteiger partial charge in [-0.15, -0.1) is 0 Å². The summed E-state index contributed by atoms with van der Waals surface area (Å²) in [5.74, 6) is 0.324. The van der Waals surface area contributed by atoms with Crippen LogP contribution in [-0.4, -0.2) is 79.1 Å². The third-order valence-electron chi connectivity index (χ3n) is 6.49. The third kappa shape index (κ3) is 4.91. The number of halogens is 1. The number of hydrogen-bond acceptors (Lipinski definition) is 4. The molecule has 1 atom stereocenters. The summed E-state index contributed by atoms with van der Waals surface area (Å²) in [5, 5.41) is 0. The van der Waals surface area contributed by atoms with Crippen molar-refractivity contribution in [2.24, 2.45) is 5.92 Å². The highest BCUT2D eigenvalue weighted by Gasteiger charge is 2.33. The maximum absolute atomic E-state index is 13.4. The zero-order chi connectivity index (χ0) is 19.3. The lowest BCUT2D eigenvalue weighted by Gasteiger charge is -2.43. The third-order valence-corrected chi connectivity index (χ3v) is 6.49. The number of morpholine rings is 1. The minimum atomic E-state index is -0.156. The lowest BCUT2D eigenvalue weighted by Crippen LogP contribution is -2.52. The van der Waals surface area contributed by atoms with Gasteiger partial charge in [0.2, 0.25) is 5.91 Å². The van der Waals surface area contributed by atoms with Gasteiger partial charge in [0.25, 0.3) is 0 Å². The molecule has 0 unspecified atom stereocenters. The summed E-state index contributed by atoms with van der Waals surface area (Å²) in [6.45, 7) is 7.76. The van der Waals surface area contributed by atoms with E-state index in [0.717, 1.165) is 77.1 Å². The lowest BCUT2D eigenvalue weighted by atomic mass is 9.92. The minimum Gasteiger partial charge on any atom is -0.378 e. The fraction of sp³-hybridized carbons (Fsp3) is 0.682. The molecule has 1 amide bonds. The lowest BCUT2D eigenvalue weighted by molar-refractivity contribution is -0.142. The quantitative estimate of drug-likeness (QED) is 0.792. The first kappa shape index (κ1) is 19.8. The Hall–Kier alpha value is -1.50. The fourth-order valence-corrected chi connectivity index (χ4v) is 4.92. The van der Waals surface area contributed by atoms with Gasteiger partial charge >= 0.3 is 0 Å². The number of nitrogens with zero attached hydrogens (tertiary/aromatic N) is 3. The summed E-state index contributed by atoms with van der Waals surface area (Å²) in [4.78, 5) is 19.9. The second-order valence-corrected chi connectivity index (χ2v) is 8.41. The number of rotatable bonds is 4. The van der Waals surface area contributed by atoms with E-state index < -0.39 is 0 Å². The van der Waals surface area contributed by atoms with Gasteiger partial charge in [-0.3, -0.25) is 14.6 Å². The molecule has 0 bridgehead atoms. The Labute approximate surface area is 167 Å². The summed E-state index contributed by atoms with van der Waals surface area (Å²) in [5.41, 5.74) is 1.05. The molecule has 1 aromatic carbocycles. The number of ether oxygens (including phenoxy) is 1. The van der Waals surface area contributed by atoms with Crippen LogP contribution in [0.15, 0.2) is 24.3 Å². The number of benzene rings is 1. The van der Waals surface area contributed by atoms with Crippen molar-refractivity contribution in [3.63, 3.8) is 0 Å². The van der Waals surface area contributed by atoms with Crippen LogP contribution in [0.25, 0.3) is 0 Å². The number of carbonyl (C=O) groups is 1. The zero-order valence-electron chi connectivity index (χ0n) is 16.7. The first-order valence-corrected chi connectivity index (χ1v) is 10.8. The molecule has 3 aliphatic heterocycles. The second-order valence-electron chi connectivity index (χ2n) is 8.41. The molecule has 0 radical (unpaired) electrons. The van der Waals surface area contributed by atoms with Crippen molar-refractivity contribution in [3.8, 4) is 0 Å². The van der Waals surface area contributed by atoms with E-state index >= 15 is 0 Å². The monoisotopic (exact) mass is 389 g/mol. The van der Waals surface area contributed by atoms with Gasteiger partial charge in [0, 0.05) is 32.2 Å². The van der Waals surface area contributed by atoms with Crippen LogP contribution in [0, 0.1) is 11.7 Å². The molecule has 3 aliphatic rings. The Balaban J connectivity index is 1.26. The summed E-state index contributed by atoms with van der Waals surface area (Å²) >= 11 is 0. The smallest absolute Gasteiger partial charge is 0.227 e. The minimum absolute atomic E-state index is 0.150. The highest BCUT2D eigenvalue weighted by molar-refractivity contribution is 5.79. The largest absolute Gasteiger partial charge is 0.378 e. The van der Waals surface area contributed by atoms with Crippen molar-refractivity contribution in [2.75, 3.05) is 52.5 Å². The fourth-order valence-electron chi connectivity index (χ4n) is 4.92. The van der Waals surface area contributed by atoms with Crippen LogP contribution in [0.3, 0.4) is 0 Å². The van der Waals surface area contributed by atoms with Gasteiger partial charge in [-0.05, 0) is 63.0 Å². The molecule has 5 nitrogen and oxygen atoms in total. The summed E-state index contributed by atoms with van der Waals surface area (Å²) in [6, 6.07) is 7.50. The summed E-state index contributed by atoms with van der Waals surface area (Å²) in [7, 11) is 0. The average molecular weight is 390 g/mol. The van der Waals surface area contributed by atoms with E-state index in [1.807, 2.05) is 11.0 Å². The molecule has 3 heterocycles. The van der Waals surface area contributed by atoms with Crippen LogP contribution in [-0.2, 0) is 16.1 Å². The molecule has 0 aliphatic carbocycles. The number of likely N-dealkylation sites (tertiary alicyclic amines) is 2. The van der Waals surface area contributed by atoms with Crippen LogP contribution in [0.4, 0.5) is 4.39 Å². The van der Waals surface area contributed by atoms with E-state index in [0.29, 0.717) is 25.2 Å². The highest BCUT2D eigenvalue weighted by Crippen LogP contribution is 2.26. The maximum Gasteiger partial charge on any atom is 0.227 e. The first-order chi connectivity index (χ1) is 13.7. The molecule has 154 valence electrons. The highest BCUT2D eigenvalue weighted by atomic mass is 19.1. The molecule has 0 spiro atoms. The van der Waals surface area contributed by atoms with Crippen LogP contribution < -0.4 is 0 Å². The summed E-state index contributed by atoms with van der Waals surface area (Å²) < 4.78 is 18.8. The van der Waals surface area contributed by atoms with E-state index in [1.54, 1.807) is 12.1 Å². The maximum atomic E-state index is 13.4. The first-order valence-electron chi connectivity index (χ1n) is 10.8. The van der Waals surface area contributed by atoms with Gasteiger partial charge in [-0.25, -0.2) is 4.39 Å². The van der Waals surface area contributed by atoms with Crippen LogP contribution in [0.2, 0.25) is 0 Å². The molecule has 4 rings (SSSR count). The van der Waals surface area contributed by atoms with Gasteiger partial charge in [-0.2, -0.15) is 0 Å². The predicted octanol–water partition coefficient (Wildman–Crippen LogP) is 2.36. The topological polar surface area (TPSA) is 36.0 Å². The van der Waals surface area contributed by atoms with Crippen molar-refractivity contribution in [1.82, 2.24) is 14.7 Å². The van der Waals surface area contributed by atoms with Crippen molar-refractivity contribution in [3.05, 3.63) is 35.6 Å². The van der Waals surface area contributed by atoms with Gasteiger partial charge in [0.1, 0.15) is 5.82 Å². The Bertz CT molecular complexity index is 657. The molecular weight excluding hydrogens is 357 g/mol. The van der Waals surface area contributed by atoms with Gasteiger partial charge < -0.3 is 9.64 Å². The van der Waals surface area contributed by atoms with Crippen LogP contribution in [0.5, 0.6) is 0 Å². The van der Waals surface area contributed by atoms with Gasteiger partial charge in [-0.1, -0.05) is 12.1 Å². The van der Waals surface area contributed by atoms with Crippen molar-refractivity contribution in [1.29, 1.82) is 0 Å². The molecule has 0 saturated carbocycles. The van der Waals surface area contributed by atoms with E-state index in [4.69, 9.17) is 4.74 Å². The summed E-state index contributed by atoms with van der Waals surface area (Å²) in [6.07, 6.45) is 4.40. The normalized spacial score (nSPS) is 25.8. The molecule has 28 heavy (non-hydrogen) atoms. The predicted molar refractivity (Wildman–Crippen MR) is 106 cm³/mol. The Morgan fingerprint density at radius 3 is 2.61 bits per heavy atom. The van der Waals surface area contributed by atoms with E-state index in [-0.39, 0.29) is 11.7 Å². The van der Waals surface area contributed by atoms with Gasteiger partial charge in [0.15, 0.2) is 0 Å². The standard InChI is InChI=1S/C22H32FN3O2/c23-20-5-1-3-18(15-20)16-24-9-6-21(7-10-24)26-8-2-4-19(17-26)22(27)25-11-13-28-14-12-25/h1,3,5,15,19,21H,2,4,6-14,16-17H2/t19-/m1/s1. The van der Waals surface area contributed by atoms with E-state index in [1.165, 1.54) is 6.07 Å². The number of amides is 1. The van der Waals surface area contributed by atoms with Crippen molar-refractivity contribution >= 4 is 5.91 Å². The Morgan fingerprint density at radius 1 is 1.07 bits per heavy atom. The molecule has 3 fully saturated rings. The number of piperidine rings is 2. The van der Waals surface area contributed by atoms with Crippen molar-refractivity contribution < 1.29 is 13.9 Å². The number of hydrogen-bond donors (Lipinski definition) is 0. The molecular formula is C22H32FN3O2. The molecule has 3 saturated heterocycles. The second kappa shape index (κ2) is 9.33. The van der Waals surface area contributed by atoms with Crippen LogP contribution in [0.1, 0.15) is 31.2 Å². The van der Waals surface area contributed by atoms with Crippen LogP contribution >= 0.6 is 0 Å². The molecule has 0 aromatic heterocycles. The zero-order valence-corrected chi connectivity index (χ0v) is 16.7. The molecule has 0 N–H and O–H groups in total. The van der Waals surface area contributed by atoms with E-state index in [9.17, 15) is 9.18 Å². The Kier molecular flexibility index (Phi) is 6.60. The Morgan fingerprint density at radius 2 is 1.86 bits per heavy atom. The van der Waals surface area contributed by atoms with Crippen molar-refractivity contribution in [2.45, 2.75) is 38.3 Å².